The number of piperidine rings is 4. The van der Waals surface area contributed by atoms with Gasteiger partial charge in [0.05, 0.1) is 0 Å². The van der Waals surface area contributed by atoms with E-state index < -0.39 is 0 Å². The van der Waals surface area contributed by atoms with Gasteiger partial charge in [0, 0.05) is 113 Å². The summed E-state index contributed by atoms with van der Waals surface area (Å²) in [6.07, 6.45) is 17.9. The number of hydrogen-bond donors (Lipinski definition) is 1. The molecule has 5 aliphatic heterocycles. The van der Waals surface area contributed by atoms with E-state index >= 15 is 0 Å². The molecule has 66 heavy (non-hydrogen) atoms. The summed E-state index contributed by atoms with van der Waals surface area (Å²) in [7, 11) is 0. The summed E-state index contributed by atoms with van der Waals surface area (Å²) in [5.74, 6) is 0. The van der Waals surface area contributed by atoms with Gasteiger partial charge in [-0.2, -0.15) is 0 Å². The highest BCUT2D eigenvalue weighted by atomic mass is 15.6. The van der Waals surface area contributed by atoms with Crippen LogP contribution in [0.3, 0.4) is 0 Å². The number of likely N-dealkylation sites (N-methyl/N-ethyl adjacent to an activating group) is 1. The van der Waals surface area contributed by atoms with Crippen LogP contribution in [0.2, 0.25) is 0 Å². The van der Waals surface area contributed by atoms with E-state index in [1.807, 2.05) is 0 Å². The Labute approximate surface area is 415 Å². The minimum atomic E-state index is 0.351. The van der Waals surface area contributed by atoms with E-state index in [1.165, 1.54) is 162 Å². The van der Waals surface area contributed by atoms with Gasteiger partial charge in [0.15, 0.2) is 0 Å². The maximum atomic E-state index is 3.43. The molecule has 1 unspecified atom stereocenters. The van der Waals surface area contributed by atoms with Crippen LogP contribution in [0.1, 0.15) is 208 Å². The molecule has 0 aromatic carbocycles. The molecule has 5 saturated heterocycles. The first kappa shape index (κ1) is 65.3. The summed E-state index contributed by atoms with van der Waals surface area (Å²) in [4.78, 5) is 10.3. The highest BCUT2D eigenvalue weighted by Gasteiger charge is 2.30. The first-order chi connectivity index (χ1) is 31.2. The van der Waals surface area contributed by atoms with Crippen LogP contribution in [-0.4, -0.2) is 191 Å². The quantitative estimate of drug-likeness (QED) is 0.170. The van der Waals surface area contributed by atoms with Gasteiger partial charge in [-0.05, 0) is 187 Å². The molecule has 0 spiro atoms. The number of rotatable bonds is 14. The lowest BCUT2D eigenvalue weighted by Crippen LogP contribution is -2.53. The lowest BCUT2D eigenvalue weighted by molar-refractivity contribution is -0.0933. The molecular formula is C56H122N10. The van der Waals surface area contributed by atoms with Gasteiger partial charge in [0.25, 0.3) is 0 Å². The van der Waals surface area contributed by atoms with Gasteiger partial charge < -0.3 is 9.80 Å². The SMILES string of the molecule is C=C.CC(C)(C)N1CCC(N2CCCCC2)CC1.CCCN(C(C)C)N1CCCCC1.CCCN(C(C)C)N1CCCCC1C.CCN(CC)C(C)(C)C.CCN1CCN(NC(C)C)CC1. The summed E-state index contributed by atoms with van der Waals surface area (Å²) >= 11 is 0. The number of hydrogen-bond acceptors (Lipinski definition) is 10. The fraction of sp³-hybridized carbons (Fsp3) is 0.964. The topological polar surface area (TPSA) is 41.2 Å². The van der Waals surface area contributed by atoms with Crippen molar-refractivity contribution in [2.45, 2.75) is 249 Å². The molecule has 5 fully saturated rings. The number of nitrogens with one attached hydrogen (secondary N) is 1. The maximum absolute atomic E-state index is 3.43. The summed E-state index contributed by atoms with van der Waals surface area (Å²) in [6.45, 7) is 66.7. The Hall–Kier alpha value is -0.660. The highest BCUT2D eigenvalue weighted by Crippen LogP contribution is 2.25. The third-order valence-electron chi connectivity index (χ3n) is 14.2. The molecule has 0 saturated carbocycles. The van der Waals surface area contributed by atoms with Crippen LogP contribution in [0.5, 0.6) is 0 Å². The van der Waals surface area contributed by atoms with Gasteiger partial charge in [-0.15, -0.1) is 13.2 Å². The Morgan fingerprint density at radius 1 is 0.561 bits per heavy atom. The van der Waals surface area contributed by atoms with Crippen LogP contribution in [-0.2, 0) is 0 Å². The standard InChI is InChI=1S/C14H28N2.C12H26N2.C11H24N2.C9H21N3.C8H19N.C2H4/c1-14(2,3)16-11-7-13(8-12-16)15-9-5-4-6-10-15;1-5-9-13(11(2)3)14-10-7-6-8-12(14)4;1-4-8-13(11(2)3)12-9-6-5-7-10-12;1-4-11-5-7-12(8-6-11)10-9(2)3;1-6-9(7-2)8(3,4)5;1-2/h13H,4-12H2,1-3H3;11-12H,5-10H2,1-4H3;11H,4-10H2,1-3H3;9-10H,4-8H2,1-3H3;6-7H2,1-5H3;1-2H2. The normalized spacial score (nSPS) is 21.6. The summed E-state index contributed by atoms with van der Waals surface area (Å²) in [5.41, 5.74) is 4.15. The van der Waals surface area contributed by atoms with Gasteiger partial charge in [0.2, 0.25) is 0 Å². The van der Waals surface area contributed by atoms with Gasteiger partial charge in [-0.3, -0.25) is 15.2 Å². The zero-order valence-electron chi connectivity index (χ0n) is 48.3. The number of piperazine rings is 1. The Morgan fingerprint density at radius 2 is 1.03 bits per heavy atom. The molecule has 5 heterocycles. The molecule has 5 aliphatic rings. The molecule has 10 heteroatoms. The largest absolute Gasteiger partial charge is 0.301 e. The first-order valence-electron chi connectivity index (χ1n) is 28.3. The summed E-state index contributed by atoms with van der Waals surface area (Å²) in [5, 5.41) is 12.6. The second-order valence-electron chi connectivity index (χ2n) is 22.6. The molecule has 10 nitrogen and oxygen atoms in total. The minimum Gasteiger partial charge on any atom is -0.301 e. The minimum absolute atomic E-state index is 0.351. The second kappa shape index (κ2) is 37.2. The molecule has 1 atom stereocenters. The second-order valence-corrected chi connectivity index (χ2v) is 22.6. The molecular weight excluding hydrogens is 813 g/mol. The van der Waals surface area contributed by atoms with E-state index in [0.29, 0.717) is 29.2 Å². The van der Waals surface area contributed by atoms with E-state index in [4.69, 9.17) is 0 Å². The van der Waals surface area contributed by atoms with Crippen LogP contribution in [0.4, 0.5) is 0 Å². The number of nitrogens with zero attached hydrogens (tertiary/aromatic N) is 9. The monoisotopic (exact) mass is 935 g/mol. The van der Waals surface area contributed by atoms with Crippen molar-refractivity contribution in [1.82, 2.24) is 50.1 Å². The van der Waals surface area contributed by atoms with Crippen molar-refractivity contribution in [3.63, 3.8) is 0 Å². The third kappa shape index (κ3) is 27.7. The summed E-state index contributed by atoms with van der Waals surface area (Å²) in [6, 6.07) is 3.52. The van der Waals surface area contributed by atoms with Crippen LogP contribution >= 0.6 is 0 Å². The molecule has 0 aromatic heterocycles. The Bertz CT molecular complexity index is 1070. The van der Waals surface area contributed by atoms with Crippen molar-refractivity contribution in [2.75, 3.05) is 105 Å². The molecule has 5 rings (SSSR count). The molecule has 396 valence electrons. The fourth-order valence-electron chi connectivity index (χ4n) is 10.4. The predicted molar refractivity (Wildman–Crippen MR) is 295 cm³/mol. The first-order valence-corrected chi connectivity index (χ1v) is 28.3. The molecule has 0 radical (unpaired) electrons. The summed E-state index contributed by atoms with van der Waals surface area (Å²) < 4.78 is 0. The molecule has 0 bridgehead atoms. The van der Waals surface area contributed by atoms with E-state index in [1.54, 1.807) is 0 Å². The van der Waals surface area contributed by atoms with Crippen molar-refractivity contribution >= 4 is 0 Å². The van der Waals surface area contributed by atoms with Crippen LogP contribution < -0.4 is 5.43 Å². The molecule has 0 aromatic rings. The molecule has 1 N–H and O–H groups in total. The van der Waals surface area contributed by atoms with Crippen molar-refractivity contribution in [3.05, 3.63) is 13.2 Å². The molecule has 0 amide bonds. The Kier molecular flexibility index (Phi) is 36.8. The Morgan fingerprint density at radius 3 is 1.41 bits per heavy atom. The van der Waals surface area contributed by atoms with Crippen molar-refractivity contribution in [2.24, 2.45) is 0 Å². The third-order valence-corrected chi connectivity index (χ3v) is 14.2. The van der Waals surface area contributed by atoms with Crippen molar-refractivity contribution in [1.29, 1.82) is 0 Å². The van der Waals surface area contributed by atoms with E-state index in [9.17, 15) is 0 Å². The van der Waals surface area contributed by atoms with Gasteiger partial charge >= 0.3 is 0 Å². The average molecular weight is 936 g/mol. The number of likely N-dealkylation sites (tertiary alicyclic amines) is 2. The van der Waals surface area contributed by atoms with E-state index in [2.05, 4.69) is 188 Å². The zero-order valence-corrected chi connectivity index (χ0v) is 48.3. The van der Waals surface area contributed by atoms with Gasteiger partial charge in [-0.25, -0.2) is 25.0 Å². The lowest BCUT2D eigenvalue weighted by Gasteiger charge is -2.44. The Balaban J connectivity index is 0.000000801. The fourth-order valence-corrected chi connectivity index (χ4v) is 10.4. The van der Waals surface area contributed by atoms with Crippen LogP contribution in [0.25, 0.3) is 0 Å². The maximum Gasteiger partial charge on any atom is 0.0259 e. The van der Waals surface area contributed by atoms with Crippen molar-refractivity contribution < 1.29 is 0 Å². The molecule has 0 aliphatic carbocycles. The highest BCUT2D eigenvalue weighted by molar-refractivity contribution is 4.86. The number of hydrazine groups is 3. The smallest absolute Gasteiger partial charge is 0.0259 e. The zero-order chi connectivity index (χ0) is 50.3. The average Bonchev–Trinajstić information content (AvgIpc) is 3.29. The predicted octanol–water partition coefficient (Wildman–Crippen LogP) is 11.6. The van der Waals surface area contributed by atoms with Gasteiger partial charge in [-0.1, -0.05) is 53.9 Å². The van der Waals surface area contributed by atoms with Crippen LogP contribution in [0.15, 0.2) is 13.2 Å². The van der Waals surface area contributed by atoms with E-state index in [0.717, 1.165) is 38.3 Å². The van der Waals surface area contributed by atoms with Crippen molar-refractivity contribution in [3.8, 4) is 0 Å². The van der Waals surface area contributed by atoms with E-state index in [-0.39, 0.29) is 0 Å². The lowest BCUT2D eigenvalue weighted by atomic mass is 9.96. The van der Waals surface area contributed by atoms with Gasteiger partial charge in [0.1, 0.15) is 0 Å². The van der Waals surface area contributed by atoms with Crippen LogP contribution in [0, 0.1) is 0 Å².